The summed E-state index contributed by atoms with van der Waals surface area (Å²) < 4.78 is 6.95. The molecule has 0 spiro atoms. The minimum atomic E-state index is 0.0633. The van der Waals surface area contributed by atoms with Crippen LogP contribution in [0.5, 0.6) is 0 Å². The molecule has 6 fully saturated rings. The fraction of sp³-hybridized carbons (Fsp3) is 0.931. The van der Waals surface area contributed by atoms with Gasteiger partial charge in [0.25, 0.3) is 0 Å². The van der Waals surface area contributed by atoms with Gasteiger partial charge in [0, 0.05) is 6.42 Å². The molecule has 0 heterocycles. The lowest BCUT2D eigenvalue weighted by Crippen LogP contribution is -2.51. The first-order valence-electron chi connectivity index (χ1n) is 34.0. The zero-order chi connectivity index (χ0) is 52.8. The third-order valence-corrected chi connectivity index (χ3v) is 25.6. The third kappa shape index (κ3) is 13.1. The predicted octanol–water partition coefficient (Wildman–Crippen LogP) is 21.9. The van der Waals surface area contributed by atoms with Gasteiger partial charge in [-0.15, -0.1) is 0 Å². The van der Waals surface area contributed by atoms with Crippen LogP contribution in [0.2, 0.25) is 0 Å². The van der Waals surface area contributed by atoms with Crippen molar-refractivity contribution in [3.05, 3.63) is 23.3 Å². The van der Waals surface area contributed by atoms with Gasteiger partial charge in [-0.2, -0.15) is 0 Å². The van der Waals surface area contributed by atoms with Crippen LogP contribution in [0, 0.1) is 110 Å². The number of carbonyl (C=O) groups excluding carboxylic acids is 1. The van der Waals surface area contributed by atoms with Gasteiger partial charge in [0.2, 0.25) is 0 Å². The van der Waals surface area contributed by atoms with E-state index in [1.807, 2.05) is 0 Å². The zero-order valence-corrected chi connectivity index (χ0v) is 51.5. The molecule has 0 aromatic heterocycles. The summed E-state index contributed by atoms with van der Waals surface area (Å²) in [7, 11) is 0. The van der Waals surface area contributed by atoms with Gasteiger partial charge in [-0.1, -0.05) is 222 Å². The van der Waals surface area contributed by atoms with Gasteiger partial charge in [0.15, 0.2) is 0 Å². The van der Waals surface area contributed by atoms with Crippen molar-refractivity contribution >= 4 is 5.97 Å². The van der Waals surface area contributed by atoms with Gasteiger partial charge < -0.3 is 4.74 Å². The molecule has 0 N–H and O–H groups in total. The van der Waals surface area contributed by atoms with E-state index in [-0.39, 0.29) is 18.0 Å². The number of allylic oxidation sites excluding steroid dienone is 3. The first-order valence-corrected chi connectivity index (χ1v) is 34.0. The first-order chi connectivity index (χ1) is 35.4. The van der Waals surface area contributed by atoms with Gasteiger partial charge in [0.1, 0.15) is 6.10 Å². The first kappa shape index (κ1) is 59.1. The van der Waals surface area contributed by atoms with Crippen LogP contribution in [-0.4, -0.2) is 12.1 Å². The zero-order valence-electron chi connectivity index (χ0n) is 51.5. The van der Waals surface area contributed by atoms with E-state index in [1.165, 1.54) is 199 Å². The number of ether oxygens (including phenoxy) is 1. The van der Waals surface area contributed by atoms with Gasteiger partial charge >= 0.3 is 5.97 Å². The molecule has 17 atom stereocenters. The highest BCUT2D eigenvalue weighted by molar-refractivity contribution is 5.73. The Labute approximate surface area is 460 Å². The van der Waals surface area contributed by atoms with E-state index >= 15 is 4.79 Å². The molecule has 8 rings (SSSR count). The van der Waals surface area contributed by atoms with Crippen LogP contribution in [0.25, 0.3) is 0 Å². The second kappa shape index (κ2) is 26.0. The minimum Gasteiger partial charge on any atom is -0.462 e. The van der Waals surface area contributed by atoms with Crippen molar-refractivity contribution in [3.63, 3.8) is 0 Å². The fourth-order valence-corrected chi connectivity index (χ4v) is 21.1. The number of carbonyl (C=O) groups is 1. The highest BCUT2D eigenvalue weighted by atomic mass is 16.5. The summed E-state index contributed by atoms with van der Waals surface area (Å²) >= 11 is 0. The van der Waals surface area contributed by atoms with Crippen molar-refractivity contribution in [2.45, 2.75) is 314 Å². The molecule has 0 aliphatic heterocycles. The highest BCUT2D eigenvalue weighted by Gasteiger charge is 2.61. The fourth-order valence-electron chi connectivity index (χ4n) is 21.1. The molecule has 2 heteroatoms. The Morgan fingerprint density at radius 1 is 0.459 bits per heavy atom. The molecule has 0 aromatic rings. The number of hydrogen-bond acceptors (Lipinski definition) is 2. The van der Waals surface area contributed by atoms with E-state index in [4.69, 9.17) is 4.74 Å². The molecular weight excluding hydrogens is 897 g/mol. The summed E-state index contributed by atoms with van der Waals surface area (Å²) in [5.74, 6) is 12.0. The van der Waals surface area contributed by atoms with Crippen molar-refractivity contribution in [3.8, 4) is 0 Å². The molecule has 8 aliphatic rings. The summed E-state index contributed by atoms with van der Waals surface area (Å²) in [6, 6.07) is 0. The normalized spacial score (nSPS) is 38.8. The van der Waals surface area contributed by atoms with E-state index in [9.17, 15) is 0 Å². The van der Waals surface area contributed by atoms with Gasteiger partial charge in [-0.05, 0) is 207 Å². The molecule has 0 amide bonds. The second-order valence-electron chi connectivity index (χ2n) is 31.4. The van der Waals surface area contributed by atoms with E-state index in [0.717, 1.165) is 103 Å². The van der Waals surface area contributed by atoms with Crippen LogP contribution < -0.4 is 0 Å². The van der Waals surface area contributed by atoms with E-state index in [2.05, 4.69) is 95.2 Å². The summed E-state index contributed by atoms with van der Waals surface area (Å²) in [4.78, 5) is 15.0. The Morgan fingerprint density at radius 3 is 1.35 bits per heavy atom. The lowest BCUT2D eigenvalue weighted by atomic mass is 9.46. The Morgan fingerprint density at radius 2 is 0.878 bits per heavy atom. The molecule has 74 heavy (non-hydrogen) atoms. The average Bonchev–Trinajstić information content (AvgIpc) is 3.90. The molecule has 9 unspecified atom stereocenters. The number of esters is 1. The molecule has 2 nitrogen and oxygen atoms in total. The molecule has 424 valence electrons. The number of unbranched alkanes of at least 4 members (excludes halogenated alkanes) is 10. The van der Waals surface area contributed by atoms with E-state index in [0.29, 0.717) is 27.6 Å². The Kier molecular flexibility index (Phi) is 20.8. The lowest BCUT2D eigenvalue weighted by molar-refractivity contribution is -0.159. The lowest BCUT2D eigenvalue weighted by Gasteiger charge is -2.59. The Balaban J connectivity index is 0.887. The molecular formula is C72H124O2. The van der Waals surface area contributed by atoms with Crippen LogP contribution in [0.1, 0.15) is 308 Å². The summed E-state index contributed by atoms with van der Waals surface area (Å²) in [5.41, 5.74) is 5.13. The minimum absolute atomic E-state index is 0.0633. The molecule has 8 aliphatic carbocycles. The number of fused-ring (bicyclic) bond motifs is 10. The standard InChI is InChI=1S/C72H124O2/c1-50(2)26-22-20-18-16-14-13-15-17-19-21-23-31-59(55-40-44-69(9)56(48-55)32-34-60-64-38-36-62(53(7)29-24-27-51(3)4)71(64,11)46-42-66(60)69)68(73)74-58-41-45-70(10)57(49-58)33-35-61-65-39-37-63(54(8)30-25-28-52(5)6)72(65,12)47-43-67(61)70/h32-33,50-55,58-67H,13-31,34-49H2,1-12H3/t53-,54-,55?,58?,59?,60?,61?,62-,63-,64?,65?,66?,67?,69+,70+,71-,72-/m1/s1. The molecule has 0 aromatic carbocycles. The van der Waals surface area contributed by atoms with Crippen molar-refractivity contribution in [1.29, 1.82) is 0 Å². The number of rotatable bonds is 27. The molecule has 0 saturated heterocycles. The van der Waals surface area contributed by atoms with Gasteiger partial charge in [-0.3, -0.25) is 4.79 Å². The molecule has 6 saturated carbocycles. The summed E-state index contributed by atoms with van der Waals surface area (Å²) in [6.45, 7) is 30.5. The smallest absolute Gasteiger partial charge is 0.309 e. The van der Waals surface area contributed by atoms with E-state index in [1.54, 1.807) is 11.1 Å². The largest absolute Gasteiger partial charge is 0.462 e. The van der Waals surface area contributed by atoms with Crippen LogP contribution in [-0.2, 0) is 9.53 Å². The maximum atomic E-state index is 15.0. The summed E-state index contributed by atoms with van der Waals surface area (Å²) in [6.07, 6.45) is 52.8. The van der Waals surface area contributed by atoms with Crippen molar-refractivity contribution in [1.82, 2.24) is 0 Å². The van der Waals surface area contributed by atoms with Crippen molar-refractivity contribution in [2.24, 2.45) is 110 Å². The maximum absolute atomic E-state index is 15.0. The van der Waals surface area contributed by atoms with Crippen molar-refractivity contribution in [2.75, 3.05) is 0 Å². The average molecular weight is 1020 g/mol. The second-order valence-corrected chi connectivity index (χ2v) is 31.4. The van der Waals surface area contributed by atoms with Crippen molar-refractivity contribution < 1.29 is 9.53 Å². The predicted molar refractivity (Wildman–Crippen MR) is 318 cm³/mol. The Bertz CT molecular complexity index is 1820. The van der Waals surface area contributed by atoms with Crippen LogP contribution in [0.3, 0.4) is 0 Å². The number of hydrogen-bond donors (Lipinski definition) is 0. The monoisotopic (exact) mass is 1020 g/mol. The quantitative estimate of drug-likeness (QED) is 0.0466. The summed E-state index contributed by atoms with van der Waals surface area (Å²) in [5, 5.41) is 0. The molecule has 0 radical (unpaired) electrons. The SMILES string of the molecule is CC(C)CCCCCCCCCCCCCC(C(=O)OC1CC[C@@]2(C)C(=CCC3C2CC[C@@]2(C)C3CC[C@@H]2[C@H](C)CCCC(C)C)C1)C1CC[C@@]2(C)C(=CCC3C2CC[C@@]2(C)C3CC[C@@H]2[C@H](C)CCCC(C)C)C1. The van der Waals surface area contributed by atoms with Gasteiger partial charge in [0.05, 0.1) is 5.92 Å². The topological polar surface area (TPSA) is 26.3 Å². The molecule has 0 bridgehead atoms. The third-order valence-electron chi connectivity index (χ3n) is 25.6. The van der Waals surface area contributed by atoms with Crippen LogP contribution in [0.15, 0.2) is 23.3 Å². The highest BCUT2D eigenvalue weighted by Crippen LogP contribution is 2.70. The van der Waals surface area contributed by atoms with Crippen LogP contribution >= 0.6 is 0 Å². The van der Waals surface area contributed by atoms with Crippen LogP contribution in [0.4, 0.5) is 0 Å². The van der Waals surface area contributed by atoms with Gasteiger partial charge in [-0.25, -0.2) is 0 Å². The van der Waals surface area contributed by atoms with E-state index < -0.39 is 0 Å². The Hall–Kier alpha value is -1.05. The maximum Gasteiger partial charge on any atom is 0.309 e.